The van der Waals surface area contributed by atoms with Crippen molar-refractivity contribution in [1.82, 2.24) is 29.7 Å². The van der Waals surface area contributed by atoms with Gasteiger partial charge in [-0.3, -0.25) is 10.6 Å². The molecule has 0 spiro atoms. The van der Waals surface area contributed by atoms with Crippen molar-refractivity contribution < 1.29 is 55.7 Å². The van der Waals surface area contributed by atoms with E-state index in [4.69, 9.17) is 0 Å². The van der Waals surface area contributed by atoms with Gasteiger partial charge in [-0.25, -0.2) is 39.1 Å². The van der Waals surface area contributed by atoms with Gasteiger partial charge in [-0.1, -0.05) is 30.3 Å². The Hall–Kier alpha value is -6.34. The van der Waals surface area contributed by atoms with E-state index >= 15 is 0 Å². The average molecular weight is 853 g/mol. The highest BCUT2D eigenvalue weighted by Crippen LogP contribution is 2.51. The van der Waals surface area contributed by atoms with Crippen molar-refractivity contribution in [3.8, 4) is 11.3 Å². The van der Waals surface area contributed by atoms with E-state index in [1.807, 2.05) is 0 Å². The number of carbonyl (C=O) groups excluding carboxylic acids is 2. The van der Waals surface area contributed by atoms with Crippen LogP contribution in [0.2, 0.25) is 0 Å². The quantitative estimate of drug-likeness (QED) is 0.133. The first-order valence-electron chi connectivity index (χ1n) is 19.5. The molecule has 8 rings (SSSR count). The van der Waals surface area contributed by atoms with E-state index in [9.17, 15) is 55.7 Å². The molecule has 2 aliphatic heterocycles. The Morgan fingerprint density at radius 3 is 1.75 bits per heavy atom. The van der Waals surface area contributed by atoms with Crippen LogP contribution in [0.5, 0.6) is 0 Å². The molecular formula is C41H38F6N8O6. The number of rotatable bonds is 7. The largest absolute Gasteiger partial charge is 0.477 e. The van der Waals surface area contributed by atoms with E-state index in [-0.39, 0.29) is 89.8 Å². The molecule has 2 aromatic carbocycles. The number of carboxylic acid groups (broad SMARTS) is 2. The average Bonchev–Trinajstić information content (AvgIpc) is 3.98. The molecule has 4 heterocycles. The molecular weight excluding hydrogens is 814 g/mol. The summed E-state index contributed by atoms with van der Waals surface area (Å²) in [7, 11) is 0. The summed E-state index contributed by atoms with van der Waals surface area (Å²) in [5, 5.41) is 24.2. The molecule has 2 saturated carbocycles. The van der Waals surface area contributed by atoms with E-state index in [1.165, 1.54) is 40.1 Å². The summed E-state index contributed by atoms with van der Waals surface area (Å²) in [6.07, 6.45) is -6.59. The highest BCUT2D eigenvalue weighted by molar-refractivity contribution is 5.97. The van der Waals surface area contributed by atoms with Crippen LogP contribution in [0.1, 0.15) is 86.4 Å². The van der Waals surface area contributed by atoms with E-state index < -0.39 is 64.9 Å². The summed E-state index contributed by atoms with van der Waals surface area (Å²) in [5.41, 5.74) is -2.18. The Bertz CT molecular complexity index is 2400. The summed E-state index contributed by atoms with van der Waals surface area (Å²) in [6.45, 7) is 2.55. The molecule has 0 bridgehead atoms. The van der Waals surface area contributed by atoms with Crippen LogP contribution in [-0.4, -0.2) is 90.1 Å². The van der Waals surface area contributed by atoms with E-state index in [2.05, 4.69) is 30.6 Å². The third kappa shape index (κ3) is 8.39. The number of urea groups is 2. The zero-order valence-electron chi connectivity index (χ0n) is 32.3. The van der Waals surface area contributed by atoms with Gasteiger partial charge < -0.3 is 20.0 Å². The number of amides is 4. The van der Waals surface area contributed by atoms with Crippen molar-refractivity contribution in [2.75, 3.05) is 36.8 Å². The Morgan fingerprint density at radius 1 is 0.672 bits per heavy atom. The predicted molar refractivity (Wildman–Crippen MR) is 204 cm³/mol. The first-order valence-corrected chi connectivity index (χ1v) is 19.5. The lowest BCUT2D eigenvalue weighted by Gasteiger charge is -2.22. The molecule has 20 heteroatoms. The zero-order chi connectivity index (χ0) is 43.5. The van der Waals surface area contributed by atoms with E-state index in [0.717, 1.165) is 18.3 Å². The number of aromatic carboxylic acids is 2. The van der Waals surface area contributed by atoms with Crippen molar-refractivity contribution in [1.29, 1.82) is 0 Å². The van der Waals surface area contributed by atoms with Gasteiger partial charge >= 0.3 is 36.4 Å². The van der Waals surface area contributed by atoms with Crippen molar-refractivity contribution in [3.05, 3.63) is 94.1 Å². The number of carboxylic acids is 2. The van der Waals surface area contributed by atoms with Gasteiger partial charge in [0.15, 0.2) is 17.2 Å². The van der Waals surface area contributed by atoms with Gasteiger partial charge in [0.05, 0.1) is 23.0 Å². The number of nitrogens with zero attached hydrogens (tertiary/aromatic N) is 6. The maximum absolute atomic E-state index is 14.7. The Kier molecular flexibility index (Phi) is 10.6. The van der Waals surface area contributed by atoms with Crippen LogP contribution < -0.4 is 10.6 Å². The minimum absolute atomic E-state index is 0.0524. The number of likely N-dealkylation sites (tertiary alicyclic amines) is 2. The van der Waals surface area contributed by atoms with Crippen LogP contribution in [0.15, 0.2) is 54.7 Å². The summed E-state index contributed by atoms with van der Waals surface area (Å²) < 4.78 is 85.0. The normalized spacial score (nSPS) is 23.5. The second-order valence-corrected chi connectivity index (χ2v) is 16.2. The lowest BCUT2D eigenvalue weighted by atomic mass is 9.89. The SMILES string of the molecule is Cc1cc(C(=O)O)nc(NC(=O)N2C[C@H]3CC(c4ccc(-c5cnc(NC(=O)N6C[C@H]7CC(c8ccccc8C(F)(F)F)C[C@H]7C6)c(C(=O)O)n5)cc4C(F)(F)F)C[C@H]3C2)n1. The number of hydrogen-bond donors (Lipinski definition) is 4. The summed E-state index contributed by atoms with van der Waals surface area (Å²) in [4.78, 5) is 69.0. The van der Waals surface area contributed by atoms with E-state index in [0.29, 0.717) is 31.4 Å². The number of fused-ring (bicyclic) bond motifs is 2. The number of aromatic nitrogens is 4. The predicted octanol–water partition coefficient (Wildman–Crippen LogP) is 7.99. The maximum atomic E-state index is 14.7. The van der Waals surface area contributed by atoms with Gasteiger partial charge in [-0.2, -0.15) is 26.3 Å². The molecule has 4 aliphatic rings. The molecule has 0 radical (unpaired) electrons. The molecule has 14 nitrogen and oxygen atoms in total. The highest BCUT2D eigenvalue weighted by atomic mass is 19.4. The van der Waals surface area contributed by atoms with Crippen LogP contribution >= 0.6 is 0 Å². The third-order valence-corrected chi connectivity index (χ3v) is 12.4. The van der Waals surface area contributed by atoms with Gasteiger partial charge in [-0.05, 0) is 97.4 Å². The number of carbonyl (C=O) groups is 4. The molecule has 2 aromatic heterocycles. The number of alkyl halides is 6. The monoisotopic (exact) mass is 852 g/mol. The molecule has 320 valence electrons. The van der Waals surface area contributed by atoms with Crippen LogP contribution in [0.4, 0.5) is 47.7 Å². The summed E-state index contributed by atoms with van der Waals surface area (Å²) >= 11 is 0. The van der Waals surface area contributed by atoms with Gasteiger partial charge in [0.1, 0.15) is 0 Å². The standard InChI is InChI=1S/C41H38F6N8O6/c1-19-8-31(35(56)57)51-37(49-19)53-39(61)55-17-25-11-22(12-26(25)18-55)28-7-6-20(13-30(28)41(45,46)47)32-14-48-34(33(50-32)36(58)59)52-38(60)54-15-23-9-21(10-24(23)16-54)27-4-2-3-5-29(27)40(42,43)44/h2-8,13-14,21-26H,9-12,15-18H2,1H3,(H,56,57)(H,58,59)(H,48,52,60)(H,49,51,53,61)/t21?,22?,23-,24+,25-,26+. The molecule has 4 aromatic rings. The number of aryl methyl sites for hydroxylation is 1. The molecule has 61 heavy (non-hydrogen) atoms. The molecule has 2 aliphatic carbocycles. The van der Waals surface area contributed by atoms with Crippen LogP contribution in [0.25, 0.3) is 11.3 Å². The molecule has 4 fully saturated rings. The van der Waals surface area contributed by atoms with Gasteiger partial charge in [0.2, 0.25) is 5.95 Å². The Balaban J connectivity index is 0.921. The maximum Gasteiger partial charge on any atom is 0.416 e. The molecule has 2 saturated heterocycles. The Morgan fingerprint density at radius 2 is 1.21 bits per heavy atom. The van der Waals surface area contributed by atoms with Gasteiger partial charge in [0.25, 0.3) is 0 Å². The lowest BCUT2D eigenvalue weighted by molar-refractivity contribution is -0.139. The van der Waals surface area contributed by atoms with Crippen molar-refractivity contribution >= 4 is 35.8 Å². The number of halogens is 6. The van der Waals surface area contributed by atoms with Crippen molar-refractivity contribution in [2.45, 2.75) is 56.8 Å². The minimum atomic E-state index is -4.79. The second kappa shape index (κ2) is 15.6. The number of anilines is 2. The molecule has 6 atom stereocenters. The number of benzene rings is 2. The van der Waals surface area contributed by atoms with Crippen molar-refractivity contribution in [2.24, 2.45) is 23.7 Å². The third-order valence-electron chi connectivity index (χ3n) is 12.4. The molecule has 4 N–H and O–H groups in total. The smallest absolute Gasteiger partial charge is 0.416 e. The highest BCUT2D eigenvalue weighted by Gasteiger charge is 2.47. The van der Waals surface area contributed by atoms with E-state index in [1.54, 1.807) is 13.0 Å². The van der Waals surface area contributed by atoms with Crippen LogP contribution in [0.3, 0.4) is 0 Å². The first-order chi connectivity index (χ1) is 28.8. The molecule has 4 amide bonds. The van der Waals surface area contributed by atoms with Gasteiger partial charge in [-0.15, -0.1) is 0 Å². The number of nitrogens with one attached hydrogen (secondary N) is 2. The van der Waals surface area contributed by atoms with Crippen LogP contribution in [-0.2, 0) is 12.4 Å². The zero-order valence-corrected chi connectivity index (χ0v) is 32.3. The van der Waals surface area contributed by atoms with Gasteiger partial charge in [0, 0.05) is 37.4 Å². The fourth-order valence-corrected chi connectivity index (χ4v) is 9.73. The topological polar surface area (TPSA) is 191 Å². The van der Waals surface area contributed by atoms with Crippen molar-refractivity contribution in [3.63, 3.8) is 0 Å². The first kappa shape index (κ1) is 41.4. The summed E-state index contributed by atoms with van der Waals surface area (Å²) in [6, 6.07) is 9.14. The fraction of sp³-hybridized carbons (Fsp3) is 0.415. The molecule has 2 unspecified atom stereocenters. The second-order valence-electron chi connectivity index (χ2n) is 16.2. The fourth-order valence-electron chi connectivity index (χ4n) is 9.73. The Labute approximate surface area is 343 Å². The lowest BCUT2D eigenvalue weighted by Crippen LogP contribution is -2.34. The van der Waals surface area contributed by atoms with Crippen LogP contribution in [0, 0.1) is 30.6 Å². The minimum Gasteiger partial charge on any atom is -0.477 e. The number of hydrogen-bond acceptors (Lipinski definition) is 8. The summed E-state index contributed by atoms with van der Waals surface area (Å²) in [5.74, 6) is -4.63.